The van der Waals surface area contributed by atoms with E-state index >= 15 is 0 Å². The summed E-state index contributed by atoms with van der Waals surface area (Å²) in [7, 11) is 1.89. The van der Waals surface area contributed by atoms with Gasteiger partial charge in [-0.1, -0.05) is 6.07 Å². The van der Waals surface area contributed by atoms with Gasteiger partial charge in [0.25, 0.3) is 0 Å². The minimum Gasteiger partial charge on any atom is -0.368 e. The van der Waals surface area contributed by atoms with Gasteiger partial charge in [-0.05, 0) is 55.8 Å². The second kappa shape index (κ2) is 7.85. The van der Waals surface area contributed by atoms with Crippen molar-refractivity contribution in [1.29, 1.82) is 5.26 Å². The van der Waals surface area contributed by atoms with Crippen molar-refractivity contribution in [1.82, 2.24) is 24.9 Å². The van der Waals surface area contributed by atoms with Crippen LogP contribution in [0.15, 0.2) is 48.7 Å². The van der Waals surface area contributed by atoms with E-state index in [0.29, 0.717) is 11.5 Å². The molecule has 0 amide bonds. The zero-order valence-electron chi connectivity index (χ0n) is 17.1. The van der Waals surface area contributed by atoms with Gasteiger partial charge in [0.05, 0.1) is 22.5 Å². The van der Waals surface area contributed by atoms with Crippen LogP contribution in [0.4, 0.5) is 10.2 Å². The molecule has 31 heavy (non-hydrogen) atoms. The maximum atomic E-state index is 14.4. The molecule has 8 heteroatoms. The number of hydrogen-bond acceptors (Lipinski definition) is 5. The number of hydrogen-bond donors (Lipinski definition) is 2. The molecule has 2 aromatic carbocycles. The molecule has 1 aliphatic rings. The SMILES string of the molecule is Cn1cc2cc(-n3nc(NCC4CCNC4)cc3-c3ccc(C#N)c(F)c3)ccc2n1. The van der Waals surface area contributed by atoms with E-state index in [9.17, 15) is 4.39 Å². The number of nitrogens with one attached hydrogen (secondary N) is 2. The molecule has 0 aliphatic carbocycles. The molecule has 5 rings (SSSR count). The van der Waals surface area contributed by atoms with Crippen LogP contribution in [0.3, 0.4) is 0 Å². The third-order valence-corrected chi connectivity index (χ3v) is 5.68. The molecular weight excluding hydrogens is 393 g/mol. The van der Waals surface area contributed by atoms with E-state index in [2.05, 4.69) is 15.7 Å². The number of aromatic nitrogens is 4. The number of nitrogens with zero attached hydrogens (tertiary/aromatic N) is 5. The number of benzene rings is 2. The molecule has 0 radical (unpaired) electrons. The molecule has 0 bridgehead atoms. The molecule has 0 saturated carbocycles. The summed E-state index contributed by atoms with van der Waals surface area (Å²) in [5, 5.41) is 26.1. The van der Waals surface area contributed by atoms with Crippen molar-refractivity contribution in [3.63, 3.8) is 0 Å². The Bertz CT molecular complexity index is 1290. The zero-order chi connectivity index (χ0) is 21.4. The lowest BCUT2D eigenvalue weighted by molar-refractivity contribution is 0.613. The molecule has 1 aliphatic heterocycles. The summed E-state index contributed by atoms with van der Waals surface area (Å²) < 4.78 is 17.9. The normalized spacial score (nSPS) is 16.0. The Morgan fingerprint density at radius 3 is 2.90 bits per heavy atom. The highest BCUT2D eigenvalue weighted by molar-refractivity contribution is 5.81. The first-order valence-electron chi connectivity index (χ1n) is 10.3. The molecule has 7 nitrogen and oxygen atoms in total. The van der Waals surface area contributed by atoms with Crippen molar-refractivity contribution < 1.29 is 4.39 Å². The number of anilines is 1. The van der Waals surface area contributed by atoms with Crippen LogP contribution in [0.1, 0.15) is 12.0 Å². The van der Waals surface area contributed by atoms with Crippen LogP contribution in [0.25, 0.3) is 27.8 Å². The Balaban J connectivity index is 1.56. The average molecular weight is 415 g/mol. The number of nitriles is 1. The fourth-order valence-electron chi connectivity index (χ4n) is 4.04. The van der Waals surface area contributed by atoms with E-state index in [1.165, 1.54) is 12.1 Å². The fraction of sp³-hybridized carbons (Fsp3) is 0.261. The number of halogens is 1. The summed E-state index contributed by atoms with van der Waals surface area (Å²) in [4.78, 5) is 0. The Morgan fingerprint density at radius 2 is 2.13 bits per heavy atom. The third-order valence-electron chi connectivity index (χ3n) is 5.68. The molecule has 2 N–H and O–H groups in total. The second-order valence-electron chi connectivity index (χ2n) is 7.92. The average Bonchev–Trinajstić information content (AvgIpc) is 3.50. The van der Waals surface area contributed by atoms with E-state index < -0.39 is 5.82 Å². The van der Waals surface area contributed by atoms with Gasteiger partial charge in [0.2, 0.25) is 0 Å². The predicted octanol–water partition coefficient (Wildman–Crippen LogP) is 3.46. The Morgan fingerprint density at radius 1 is 1.23 bits per heavy atom. The van der Waals surface area contributed by atoms with Gasteiger partial charge in [0.15, 0.2) is 0 Å². The van der Waals surface area contributed by atoms with Crippen molar-refractivity contribution in [3.8, 4) is 23.0 Å². The number of fused-ring (bicyclic) bond motifs is 1. The lowest BCUT2D eigenvalue weighted by atomic mass is 10.1. The fourth-order valence-corrected chi connectivity index (χ4v) is 4.04. The van der Waals surface area contributed by atoms with E-state index in [-0.39, 0.29) is 5.56 Å². The third kappa shape index (κ3) is 3.76. The lowest BCUT2D eigenvalue weighted by Gasteiger charge is -2.09. The topological polar surface area (TPSA) is 83.5 Å². The van der Waals surface area contributed by atoms with Crippen LogP contribution >= 0.6 is 0 Å². The first-order chi connectivity index (χ1) is 15.1. The van der Waals surface area contributed by atoms with Gasteiger partial charge in [-0.15, -0.1) is 5.10 Å². The van der Waals surface area contributed by atoms with E-state index in [1.54, 1.807) is 10.7 Å². The van der Waals surface area contributed by atoms with E-state index in [0.717, 1.165) is 54.2 Å². The minimum atomic E-state index is -0.540. The predicted molar refractivity (Wildman–Crippen MR) is 117 cm³/mol. The first kappa shape index (κ1) is 19.3. The molecule has 2 aromatic heterocycles. The molecule has 1 unspecified atom stereocenters. The highest BCUT2D eigenvalue weighted by Crippen LogP contribution is 2.29. The standard InChI is InChI=1S/C23H22FN7/c1-30-14-18-8-19(4-5-21(18)28-30)31-22(16-2-3-17(11-25)20(24)9-16)10-23(29-31)27-13-15-6-7-26-12-15/h2-5,8-10,14-15,26H,6-7,12-13H2,1H3,(H,27,29). The summed E-state index contributed by atoms with van der Waals surface area (Å²) in [6.45, 7) is 2.87. The van der Waals surface area contributed by atoms with Gasteiger partial charge in [0, 0.05) is 36.8 Å². The maximum Gasteiger partial charge on any atom is 0.149 e. The number of rotatable bonds is 5. The van der Waals surface area contributed by atoms with Crippen molar-refractivity contribution >= 4 is 16.7 Å². The van der Waals surface area contributed by atoms with Gasteiger partial charge in [-0.3, -0.25) is 4.68 Å². The smallest absolute Gasteiger partial charge is 0.149 e. The summed E-state index contributed by atoms with van der Waals surface area (Å²) in [6, 6.07) is 14.4. The largest absolute Gasteiger partial charge is 0.368 e. The van der Waals surface area contributed by atoms with Crippen molar-refractivity contribution in [3.05, 3.63) is 60.0 Å². The Hall–Kier alpha value is -3.70. The highest BCUT2D eigenvalue weighted by Gasteiger charge is 2.17. The Kier molecular flexibility index (Phi) is 4.88. The molecule has 1 fully saturated rings. The molecule has 4 aromatic rings. The molecule has 156 valence electrons. The van der Waals surface area contributed by atoms with Crippen LogP contribution in [-0.4, -0.2) is 39.2 Å². The van der Waals surface area contributed by atoms with E-state index in [4.69, 9.17) is 10.4 Å². The summed E-state index contributed by atoms with van der Waals surface area (Å²) in [5.74, 6) is 0.757. The molecular formula is C23H22FN7. The summed E-state index contributed by atoms with van der Waals surface area (Å²) >= 11 is 0. The summed E-state index contributed by atoms with van der Waals surface area (Å²) in [5.41, 5.74) is 3.19. The first-order valence-corrected chi connectivity index (χ1v) is 10.3. The quantitative estimate of drug-likeness (QED) is 0.522. The molecule has 1 atom stereocenters. The summed E-state index contributed by atoms with van der Waals surface area (Å²) in [6.07, 6.45) is 3.09. The van der Waals surface area contributed by atoms with Crippen molar-refractivity contribution in [2.24, 2.45) is 13.0 Å². The van der Waals surface area contributed by atoms with Gasteiger partial charge in [-0.25, -0.2) is 9.07 Å². The van der Waals surface area contributed by atoms with Gasteiger partial charge in [0.1, 0.15) is 17.7 Å². The monoisotopic (exact) mass is 415 g/mol. The van der Waals surface area contributed by atoms with Gasteiger partial charge in [-0.2, -0.15) is 10.4 Å². The zero-order valence-corrected chi connectivity index (χ0v) is 17.1. The van der Waals surface area contributed by atoms with Gasteiger partial charge >= 0.3 is 0 Å². The van der Waals surface area contributed by atoms with Crippen LogP contribution in [0, 0.1) is 23.1 Å². The highest BCUT2D eigenvalue weighted by atomic mass is 19.1. The minimum absolute atomic E-state index is 0.0266. The molecule has 3 heterocycles. The van der Waals surface area contributed by atoms with Crippen LogP contribution in [-0.2, 0) is 7.05 Å². The van der Waals surface area contributed by atoms with E-state index in [1.807, 2.05) is 48.3 Å². The van der Waals surface area contributed by atoms with Crippen LogP contribution in [0.5, 0.6) is 0 Å². The van der Waals surface area contributed by atoms with Crippen molar-refractivity contribution in [2.75, 3.05) is 25.0 Å². The van der Waals surface area contributed by atoms with Gasteiger partial charge < -0.3 is 10.6 Å². The maximum absolute atomic E-state index is 14.4. The second-order valence-corrected chi connectivity index (χ2v) is 7.92. The molecule has 1 saturated heterocycles. The Labute approximate surface area is 179 Å². The van der Waals surface area contributed by atoms with Crippen LogP contribution < -0.4 is 10.6 Å². The van der Waals surface area contributed by atoms with Crippen LogP contribution in [0.2, 0.25) is 0 Å². The number of aryl methyl sites for hydroxylation is 1. The van der Waals surface area contributed by atoms with Crippen molar-refractivity contribution in [2.45, 2.75) is 6.42 Å². The molecule has 0 spiro atoms. The lowest BCUT2D eigenvalue weighted by Crippen LogP contribution is -2.17.